The largest absolute Gasteiger partial charge is 0.472 e. The molecule has 1 fully saturated rings. The van der Waals surface area contributed by atoms with Crippen molar-refractivity contribution < 1.29 is 63.1 Å². The highest BCUT2D eigenvalue weighted by Crippen LogP contribution is 2.43. The number of aliphatic hydroxyl groups excluding tert-OH is 5. The van der Waals surface area contributed by atoms with E-state index in [2.05, 4.69) is 18.4 Å². The summed E-state index contributed by atoms with van der Waals surface area (Å²) in [6.45, 7) is 2.00. The number of carbonyl (C=O) groups is 2. The fraction of sp³-hybridized carbons (Fsp3) is 0.857. The molecule has 1 rings (SSSR count). The van der Waals surface area contributed by atoms with Crippen LogP contribution in [0.1, 0.15) is 162 Å². The van der Waals surface area contributed by atoms with Crippen molar-refractivity contribution in [2.24, 2.45) is 11.8 Å². The molecular formula is C42H77O13P. The Morgan fingerprint density at radius 3 is 1.93 bits per heavy atom. The average Bonchev–Trinajstić information content (AvgIpc) is 3.44. The monoisotopic (exact) mass is 821 g/mol. The van der Waals surface area contributed by atoms with Gasteiger partial charge in [0, 0.05) is 25.2 Å². The van der Waals surface area contributed by atoms with E-state index in [-0.39, 0.29) is 37.7 Å². The van der Waals surface area contributed by atoms with Crippen LogP contribution < -0.4 is 0 Å². The van der Waals surface area contributed by atoms with E-state index in [0.29, 0.717) is 32.1 Å². The van der Waals surface area contributed by atoms with Crippen LogP contribution in [0.15, 0.2) is 24.3 Å². The second kappa shape index (κ2) is 33.2. The summed E-state index contributed by atoms with van der Waals surface area (Å²) in [6, 6.07) is 0. The number of phosphoric acid groups is 1. The highest BCUT2D eigenvalue weighted by molar-refractivity contribution is 7.47. The Morgan fingerprint density at radius 2 is 1.30 bits per heavy atom. The first-order valence-corrected chi connectivity index (χ1v) is 23.0. The fourth-order valence-corrected chi connectivity index (χ4v) is 7.54. The molecule has 0 amide bonds. The Kier molecular flexibility index (Phi) is 31.0. The number of aliphatic hydroxyl groups is 5. The van der Waals surface area contributed by atoms with Gasteiger partial charge in [-0.15, -0.1) is 0 Å². The number of ether oxygens (including phenoxy) is 2. The van der Waals surface area contributed by atoms with Crippen molar-refractivity contribution in [2.45, 2.75) is 192 Å². The van der Waals surface area contributed by atoms with Crippen molar-refractivity contribution in [1.29, 1.82) is 0 Å². The standard InChI is InChI=1S/C42H77O13P/c1-3-5-7-8-9-10-11-12-13-14-15-16-21-25-41(48)52-32-36(33-54-56(50,51)53-31-35(45)30-43)55-42(49)26-22-18-17-20-24-37-38(40(47)29-39(37)46)28-27-34(44)23-19-6-4-2/h17,20,27-28,34-40,43-47H,3-16,18-19,21-26,29-33H2,1-2H3,(H,50,51)/b20-17-,28-27+. The molecule has 0 aromatic rings. The van der Waals surface area contributed by atoms with Crippen molar-refractivity contribution in [3.8, 4) is 0 Å². The maximum absolute atomic E-state index is 12.7. The molecule has 0 aliphatic heterocycles. The minimum atomic E-state index is -4.68. The Labute approximate surface area is 336 Å². The molecular weight excluding hydrogens is 743 g/mol. The van der Waals surface area contributed by atoms with E-state index in [1.54, 1.807) is 6.08 Å². The van der Waals surface area contributed by atoms with Gasteiger partial charge >= 0.3 is 19.8 Å². The predicted molar refractivity (Wildman–Crippen MR) is 216 cm³/mol. The number of esters is 2. The summed E-state index contributed by atoms with van der Waals surface area (Å²) in [5, 5.41) is 49.6. The van der Waals surface area contributed by atoms with Crippen molar-refractivity contribution in [1.82, 2.24) is 0 Å². The number of hydrogen-bond acceptors (Lipinski definition) is 12. The highest BCUT2D eigenvalue weighted by atomic mass is 31.2. The average molecular weight is 821 g/mol. The minimum absolute atomic E-state index is 0.00970. The maximum Gasteiger partial charge on any atom is 0.472 e. The minimum Gasteiger partial charge on any atom is -0.462 e. The normalized spacial score (nSPS) is 21.4. The van der Waals surface area contributed by atoms with Crippen LogP contribution in [0.4, 0.5) is 0 Å². The van der Waals surface area contributed by atoms with E-state index in [1.165, 1.54) is 57.8 Å². The molecule has 13 nitrogen and oxygen atoms in total. The van der Waals surface area contributed by atoms with Gasteiger partial charge < -0.3 is 39.9 Å². The molecule has 14 heteroatoms. The Bertz CT molecular complexity index is 1100. The summed E-state index contributed by atoms with van der Waals surface area (Å²) in [5.74, 6) is -1.57. The van der Waals surface area contributed by atoms with Crippen molar-refractivity contribution >= 4 is 19.8 Å². The van der Waals surface area contributed by atoms with Gasteiger partial charge in [0.1, 0.15) is 12.7 Å². The smallest absolute Gasteiger partial charge is 0.462 e. The molecule has 1 aliphatic carbocycles. The zero-order valence-electron chi connectivity index (χ0n) is 34.4. The molecule has 1 saturated carbocycles. The lowest BCUT2D eigenvalue weighted by Crippen LogP contribution is -2.29. The van der Waals surface area contributed by atoms with E-state index < -0.39 is 70.1 Å². The lowest BCUT2D eigenvalue weighted by atomic mass is 9.89. The summed E-state index contributed by atoms with van der Waals surface area (Å²) in [5.41, 5.74) is 0. The van der Waals surface area contributed by atoms with Crippen molar-refractivity contribution in [2.75, 3.05) is 26.4 Å². The molecule has 1 aliphatic rings. The third-order valence-electron chi connectivity index (χ3n) is 10.2. The predicted octanol–water partition coefficient (Wildman–Crippen LogP) is 7.38. The number of hydrogen-bond donors (Lipinski definition) is 6. The second-order valence-corrected chi connectivity index (χ2v) is 16.8. The molecule has 0 bridgehead atoms. The van der Waals surface area contributed by atoms with Crippen LogP contribution in [0.25, 0.3) is 0 Å². The van der Waals surface area contributed by atoms with E-state index >= 15 is 0 Å². The molecule has 0 spiro atoms. The lowest BCUT2D eigenvalue weighted by Gasteiger charge is -2.20. The van der Waals surface area contributed by atoms with Crippen molar-refractivity contribution in [3.63, 3.8) is 0 Å². The number of phosphoric ester groups is 1. The molecule has 0 saturated heterocycles. The lowest BCUT2D eigenvalue weighted by molar-refractivity contribution is -0.161. The van der Waals surface area contributed by atoms with Crippen LogP contribution in [0.3, 0.4) is 0 Å². The van der Waals surface area contributed by atoms with E-state index in [9.17, 15) is 39.5 Å². The van der Waals surface area contributed by atoms with Crippen LogP contribution in [0.5, 0.6) is 0 Å². The Balaban J connectivity index is 2.50. The van der Waals surface area contributed by atoms with Crippen LogP contribution in [-0.2, 0) is 32.7 Å². The van der Waals surface area contributed by atoms with E-state index in [4.69, 9.17) is 19.1 Å². The zero-order valence-corrected chi connectivity index (χ0v) is 35.3. The number of allylic oxidation sites excluding steroid dienone is 2. The van der Waals surface area contributed by atoms with Gasteiger partial charge in [0.15, 0.2) is 6.10 Å². The zero-order chi connectivity index (χ0) is 41.4. The number of carbonyl (C=O) groups excluding carboxylic acids is 2. The van der Waals surface area contributed by atoms with Gasteiger partial charge in [-0.2, -0.15) is 0 Å². The van der Waals surface area contributed by atoms with Crippen LogP contribution in [-0.4, -0.2) is 99.3 Å². The van der Waals surface area contributed by atoms with Crippen LogP contribution >= 0.6 is 7.82 Å². The summed E-state index contributed by atoms with van der Waals surface area (Å²) >= 11 is 0. The Morgan fingerprint density at radius 1 is 0.732 bits per heavy atom. The SMILES string of the molecule is CCCCCCCCCCCCCCCC(=O)OCC(COP(=O)(O)OCC(O)CO)OC(=O)CCC/C=C\CC1C(O)CC(O)C1/C=C/C(O)CCCCC. The molecule has 328 valence electrons. The van der Waals surface area contributed by atoms with Gasteiger partial charge in [-0.25, -0.2) is 4.57 Å². The van der Waals surface area contributed by atoms with Gasteiger partial charge in [0.05, 0.1) is 38.1 Å². The molecule has 6 N–H and O–H groups in total. The quantitative estimate of drug-likeness (QED) is 0.0158. The van der Waals surface area contributed by atoms with Crippen LogP contribution in [0.2, 0.25) is 0 Å². The molecule has 0 aromatic heterocycles. The van der Waals surface area contributed by atoms with Gasteiger partial charge in [0.2, 0.25) is 0 Å². The number of unbranched alkanes of at least 4 members (excludes halogenated alkanes) is 15. The maximum atomic E-state index is 12.7. The molecule has 0 heterocycles. The van der Waals surface area contributed by atoms with Gasteiger partial charge in [0.25, 0.3) is 0 Å². The molecule has 56 heavy (non-hydrogen) atoms. The first-order chi connectivity index (χ1) is 26.9. The highest BCUT2D eigenvalue weighted by Gasteiger charge is 2.39. The Hall–Kier alpha value is -1.67. The van der Waals surface area contributed by atoms with Crippen LogP contribution in [0, 0.1) is 11.8 Å². The molecule has 8 atom stereocenters. The third kappa shape index (κ3) is 27.1. The first-order valence-electron chi connectivity index (χ1n) is 21.6. The summed E-state index contributed by atoms with van der Waals surface area (Å²) < 4.78 is 32.7. The topological polar surface area (TPSA) is 210 Å². The number of rotatable bonds is 36. The fourth-order valence-electron chi connectivity index (χ4n) is 6.75. The molecule has 0 aromatic carbocycles. The van der Waals surface area contributed by atoms with Gasteiger partial charge in [-0.1, -0.05) is 134 Å². The van der Waals surface area contributed by atoms with E-state index in [0.717, 1.165) is 38.5 Å². The second-order valence-electron chi connectivity index (χ2n) is 15.3. The summed E-state index contributed by atoms with van der Waals surface area (Å²) in [6.07, 6.45) is 23.8. The molecule has 0 radical (unpaired) electrons. The third-order valence-corrected chi connectivity index (χ3v) is 11.1. The van der Waals surface area contributed by atoms with Crippen molar-refractivity contribution in [3.05, 3.63) is 24.3 Å². The van der Waals surface area contributed by atoms with E-state index in [1.807, 2.05) is 18.2 Å². The van der Waals surface area contributed by atoms with Gasteiger partial charge in [-0.05, 0) is 38.0 Å². The first kappa shape index (κ1) is 52.3. The summed E-state index contributed by atoms with van der Waals surface area (Å²) in [7, 11) is -4.68. The molecule has 8 unspecified atom stereocenters. The van der Waals surface area contributed by atoms with Gasteiger partial charge in [-0.3, -0.25) is 18.6 Å². The summed E-state index contributed by atoms with van der Waals surface area (Å²) in [4.78, 5) is 35.1.